The van der Waals surface area contributed by atoms with Gasteiger partial charge in [-0.25, -0.2) is 0 Å². The lowest BCUT2D eigenvalue weighted by Crippen LogP contribution is -2.32. The number of hydrogen-bond acceptors (Lipinski definition) is 1. The van der Waals surface area contributed by atoms with Gasteiger partial charge >= 0.3 is 0 Å². The Labute approximate surface area is 102 Å². The first-order valence-electron chi connectivity index (χ1n) is 7.55. The van der Waals surface area contributed by atoms with Crippen LogP contribution in [0.1, 0.15) is 72.1 Å². The average Bonchev–Trinajstić information content (AvgIpc) is 2.54. The maximum Gasteiger partial charge on any atom is 0.00698 e. The summed E-state index contributed by atoms with van der Waals surface area (Å²) in [5, 5.41) is 3.74. The van der Waals surface area contributed by atoms with Gasteiger partial charge in [-0.1, -0.05) is 52.9 Å². The third-order valence-corrected chi connectivity index (χ3v) is 4.36. The summed E-state index contributed by atoms with van der Waals surface area (Å²) in [7, 11) is 0. The van der Waals surface area contributed by atoms with Crippen LogP contribution in [-0.2, 0) is 0 Å². The summed E-state index contributed by atoms with van der Waals surface area (Å²) in [6, 6.07) is 0.813. The molecule has 2 unspecified atom stereocenters. The highest BCUT2D eigenvalue weighted by atomic mass is 14.9. The van der Waals surface area contributed by atoms with Gasteiger partial charge in [0.15, 0.2) is 0 Å². The highest BCUT2D eigenvalue weighted by molar-refractivity contribution is 4.79. The normalized spacial score (nSPS) is 27.0. The molecule has 1 nitrogen and oxygen atoms in total. The molecular formula is C15H31N. The van der Waals surface area contributed by atoms with E-state index in [1.807, 2.05) is 0 Å². The first-order valence-corrected chi connectivity index (χ1v) is 7.55. The summed E-state index contributed by atoms with van der Waals surface area (Å²) < 4.78 is 0. The van der Waals surface area contributed by atoms with Gasteiger partial charge in [0.2, 0.25) is 0 Å². The fourth-order valence-electron chi connectivity index (χ4n) is 3.32. The van der Waals surface area contributed by atoms with Crippen LogP contribution in [0.15, 0.2) is 0 Å². The van der Waals surface area contributed by atoms with E-state index in [1.54, 1.807) is 0 Å². The Morgan fingerprint density at radius 1 is 1.06 bits per heavy atom. The molecule has 1 N–H and O–H groups in total. The Morgan fingerprint density at radius 3 is 2.38 bits per heavy atom. The zero-order valence-corrected chi connectivity index (χ0v) is 11.6. The van der Waals surface area contributed by atoms with Gasteiger partial charge < -0.3 is 5.32 Å². The molecule has 0 amide bonds. The van der Waals surface area contributed by atoms with E-state index in [-0.39, 0.29) is 0 Å². The molecule has 0 spiro atoms. The van der Waals surface area contributed by atoms with Crippen LogP contribution >= 0.6 is 0 Å². The number of rotatable bonds is 6. The van der Waals surface area contributed by atoms with Crippen molar-refractivity contribution >= 4 is 0 Å². The van der Waals surface area contributed by atoms with Crippen molar-refractivity contribution in [3.05, 3.63) is 0 Å². The van der Waals surface area contributed by atoms with Crippen molar-refractivity contribution in [3.8, 4) is 0 Å². The standard InChI is InChI=1S/C15H31N/c1-4-11-16-15-10-8-7-9-14(12-15)13(5-2)6-3/h13-16H,4-12H2,1-3H3. The van der Waals surface area contributed by atoms with Crippen LogP contribution in [0.3, 0.4) is 0 Å². The molecule has 0 aromatic carbocycles. The van der Waals surface area contributed by atoms with E-state index < -0.39 is 0 Å². The van der Waals surface area contributed by atoms with Crippen LogP contribution in [0, 0.1) is 11.8 Å². The minimum absolute atomic E-state index is 0.813. The van der Waals surface area contributed by atoms with Crippen molar-refractivity contribution < 1.29 is 0 Å². The molecule has 0 heterocycles. The van der Waals surface area contributed by atoms with E-state index in [2.05, 4.69) is 26.1 Å². The Hall–Kier alpha value is -0.0400. The average molecular weight is 225 g/mol. The summed E-state index contributed by atoms with van der Waals surface area (Å²) >= 11 is 0. The summed E-state index contributed by atoms with van der Waals surface area (Å²) in [6.45, 7) is 8.21. The lowest BCUT2D eigenvalue weighted by Gasteiger charge is -2.27. The molecule has 0 radical (unpaired) electrons. The molecule has 2 atom stereocenters. The molecule has 0 bridgehead atoms. The molecule has 1 aliphatic rings. The van der Waals surface area contributed by atoms with Crippen LogP contribution in [0.5, 0.6) is 0 Å². The second-order valence-electron chi connectivity index (χ2n) is 5.51. The van der Waals surface area contributed by atoms with Crippen LogP contribution in [-0.4, -0.2) is 12.6 Å². The Balaban J connectivity index is 2.44. The molecule has 0 aliphatic heterocycles. The lowest BCUT2D eigenvalue weighted by atomic mass is 9.82. The molecule has 16 heavy (non-hydrogen) atoms. The van der Waals surface area contributed by atoms with Crippen LogP contribution in [0.4, 0.5) is 0 Å². The molecule has 0 aromatic rings. The van der Waals surface area contributed by atoms with Crippen LogP contribution in [0.25, 0.3) is 0 Å². The maximum absolute atomic E-state index is 3.74. The van der Waals surface area contributed by atoms with Gasteiger partial charge in [0.05, 0.1) is 0 Å². The second kappa shape index (κ2) is 8.11. The summed E-state index contributed by atoms with van der Waals surface area (Å²) in [5.41, 5.74) is 0. The molecule has 1 saturated carbocycles. The van der Waals surface area contributed by atoms with Gasteiger partial charge in [0.25, 0.3) is 0 Å². The highest BCUT2D eigenvalue weighted by Crippen LogP contribution is 2.32. The lowest BCUT2D eigenvalue weighted by molar-refractivity contribution is 0.260. The Bertz CT molecular complexity index is 163. The Kier molecular flexibility index (Phi) is 7.11. The van der Waals surface area contributed by atoms with Gasteiger partial charge in [-0.05, 0) is 37.6 Å². The van der Waals surface area contributed by atoms with Crippen LogP contribution in [0.2, 0.25) is 0 Å². The Morgan fingerprint density at radius 2 is 1.75 bits per heavy atom. The molecular weight excluding hydrogens is 194 g/mol. The maximum atomic E-state index is 3.74. The monoisotopic (exact) mass is 225 g/mol. The smallest absolute Gasteiger partial charge is 0.00698 e. The van der Waals surface area contributed by atoms with Crippen molar-refractivity contribution in [2.24, 2.45) is 11.8 Å². The van der Waals surface area contributed by atoms with Crippen molar-refractivity contribution in [2.45, 2.75) is 78.2 Å². The van der Waals surface area contributed by atoms with Gasteiger partial charge in [0.1, 0.15) is 0 Å². The van der Waals surface area contributed by atoms with E-state index in [9.17, 15) is 0 Å². The molecule has 1 rings (SSSR count). The largest absolute Gasteiger partial charge is 0.314 e. The minimum atomic E-state index is 0.813. The molecule has 96 valence electrons. The predicted octanol–water partition coefficient (Wildman–Crippen LogP) is 4.37. The zero-order chi connectivity index (χ0) is 11.8. The molecule has 1 heteroatoms. The SMILES string of the molecule is CCCNC1CCCCC(C(CC)CC)C1. The van der Waals surface area contributed by atoms with Gasteiger partial charge in [-0.2, -0.15) is 0 Å². The molecule has 1 fully saturated rings. The van der Waals surface area contributed by atoms with Crippen molar-refractivity contribution in [1.29, 1.82) is 0 Å². The topological polar surface area (TPSA) is 12.0 Å². The first kappa shape index (κ1) is 14.0. The fourth-order valence-corrected chi connectivity index (χ4v) is 3.32. The van der Waals surface area contributed by atoms with E-state index in [0.29, 0.717) is 0 Å². The van der Waals surface area contributed by atoms with Gasteiger partial charge in [0, 0.05) is 6.04 Å². The second-order valence-corrected chi connectivity index (χ2v) is 5.51. The van der Waals surface area contributed by atoms with E-state index in [4.69, 9.17) is 0 Å². The van der Waals surface area contributed by atoms with Gasteiger partial charge in [-0.15, -0.1) is 0 Å². The van der Waals surface area contributed by atoms with E-state index in [0.717, 1.165) is 17.9 Å². The third-order valence-electron chi connectivity index (χ3n) is 4.36. The third kappa shape index (κ3) is 4.45. The van der Waals surface area contributed by atoms with Crippen LogP contribution < -0.4 is 5.32 Å². The number of nitrogens with one attached hydrogen (secondary N) is 1. The highest BCUT2D eigenvalue weighted by Gasteiger charge is 2.24. The van der Waals surface area contributed by atoms with E-state index in [1.165, 1.54) is 57.9 Å². The summed E-state index contributed by atoms with van der Waals surface area (Å²) in [5.74, 6) is 1.97. The van der Waals surface area contributed by atoms with Crippen molar-refractivity contribution in [1.82, 2.24) is 5.32 Å². The summed E-state index contributed by atoms with van der Waals surface area (Å²) in [6.07, 6.45) is 11.3. The summed E-state index contributed by atoms with van der Waals surface area (Å²) in [4.78, 5) is 0. The zero-order valence-electron chi connectivity index (χ0n) is 11.6. The predicted molar refractivity (Wildman–Crippen MR) is 72.7 cm³/mol. The molecule has 0 aromatic heterocycles. The minimum Gasteiger partial charge on any atom is -0.314 e. The first-order chi connectivity index (χ1) is 7.81. The molecule has 1 aliphatic carbocycles. The quantitative estimate of drug-likeness (QED) is 0.662. The fraction of sp³-hybridized carbons (Fsp3) is 1.00. The van der Waals surface area contributed by atoms with Crippen molar-refractivity contribution in [2.75, 3.05) is 6.54 Å². The molecule has 0 saturated heterocycles. The van der Waals surface area contributed by atoms with Crippen molar-refractivity contribution in [3.63, 3.8) is 0 Å². The number of hydrogen-bond donors (Lipinski definition) is 1. The van der Waals surface area contributed by atoms with E-state index >= 15 is 0 Å². The van der Waals surface area contributed by atoms with Gasteiger partial charge in [-0.3, -0.25) is 0 Å².